The highest BCUT2D eigenvalue weighted by molar-refractivity contribution is 5.94. The zero-order valence-electron chi connectivity index (χ0n) is 19.7. The molecular formula is C27H31FN4O2. The van der Waals surface area contributed by atoms with Gasteiger partial charge in [0.25, 0.3) is 5.91 Å². The number of rotatable bonds is 7. The second-order valence-corrected chi connectivity index (χ2v) is 8.53. The van der Waals surface area contributed by atoms with Gasteiger partial charge in [0, 0.05) is 74.4 Å². The summed E-state index contributed by atoms with van der Waals surface area (Å²) in [6.45, 7) is 9.57. The van der Waals surface area contributed by atoms with Gasteiger partial charge >= 0.3 is 0 Å². The molecule has 2 aromatic carbocycles. The summed E-state index contributed by atoms with van der Waals surface area (Å²) in [5.74, 6) is -0.230. The smallest absolute Gasteiger partial charge is 0.253 e. The molecule has 1 aromatic heterocycles. The minimum atomic E-state index is -0.317. The molecule has 4 rings (SSSR count). The third-order valence-electron chi connectivity index (χ3n) is 6.38. The summed E-state index contributed by atoms with van der Waals surface area (Å²) in [4.78, 5) is 22.9. The van der Waals surface area contributed by atoms with E-state index in [9.17, 15) is 14.3 Å². The number of carbonyl (C=O) groups is 1. The molecule has 1 saturated heterocycles. The first-order valence-electron chi connectivity index (χ1n) is 11.8. The molecule has 0 atom stereocenters. The summed E-state index contributed by atoms with van der Waals surface area (Å²) in [5, 5.41) is 9.61. The molecule has 7 heteroatoms. The van der Waals surface area contributed by atoms with Crippen LogP contribution in [0.5, 0.6) is 5.75 Å². The summed E-state index contributed by atoms with van der Waals surface area (Å²) < 4.78 is 14.7. The molecule has 34 heavy (non-hydrogen) atoms. The molecule has 0 radical (unpaired) electrons. The standard InChI is InChI=1S/C27H31FN4O2/c1-3-31(4-2)27(34)21-6-8-23(9-7-21)32-13-11-30(12-14-32)19-20-5-10-25(26(28)15-20)22-16-24(33)18-29-17-22/h5-10,15-18,33H,3-4,11-14,19H2,1-2H3. The maximum Gasteiger partial charge on any atom is 0.253 e. The quantitative estimate of drug-likeness (QED) is 0.564. The number of amides is 1. The molecule has 3 aromatic rings. The molecule has 1 N–H and O–H groups in total. The van der Waals surface area contributed by atoms with E-state index in [2.05, 4.69) is 14.8 Å². The van der Waals surface area contributed by atoms with E-state index in [0.717, 1.165) is 43.0 Å². The number of anilines is 1. The maximum absolute atomic E-state index is 14.7. The predicted molar refractivity (Wildman–Crippen MR) is 132 cm³/mol. The highest BCUT2D eigenvalue weighted by atomic mass is 19.1. The molecule has 2 heterocycles. The van der Waals surface area contributed by atoms with Crippen LogP contribution in [-0.4, -0.2) is 65.1 Å². The summed E-state index contributed by atoms with van der Waals surface area (Å²) >= 11 is 0. The minimum absolute atomic E-state index is 0.0176. The third-order valence-corrected chi connectivity index (χ3v) is 6.38. The largest absolute Gasteiger partial charge is 0.506 e. The van der Waals surface area contributed by atoms with Crippen molar-refractivity contribution in [3.05, 3.63) is 77.9 Å². The van der Waals surface area contributed by atoms with Gasteiger partial charge in [-0.3, -0.25) is 14.7 Å². The van der Waals surface area contributed by atoms with Crippen molar-refractivity contribution in [1.82, 2.24) is 14.8 Å². The van der Waals surface area contributed by atoms with Crippen molar-refractivity contribution in [1.29, 1.82) is 0 Å². The molecule has 0 saturated carbocycles. The average molecular weight is 463 g/mol. The van der Waals surface area contributed by atoms with E-state index in [0.29, 0.717) is 30.8 Å². The van der Waals surface area contributed by atoms with Gasteiger partial charge in [-0.05, 0) is 55.8 Å². The van der Waals surface area contributed by atoms with E-state index in [-0.39, 0.29) is 17.5 Å². The van der Waals surface area contributed by atoms with Gasteiger partial charge in [0.15, 0.2) is 0 Å². The topological polar surface area (TPSA) is 59.9 Å². The lowest BCUT2D eigenvalue weighted by Crippen LogP contribution is -2.46. The fraction of sp³-hybridized carbons (Fsp3) is 0.333. The van der Waals surface area contributed by atoms with Crippen molar-refractivity contribution in [2.75, 3.05) is 44.2 Å². The van der Waals surface area contributed by atoms with E-state index >= 15 is 0 Å². The zero-order chi connectivity index (χ0) is 24.1. The molecule has 0 unspecified atom stereocenters. The lowest BCUT2D eigenvalue weighted by molar-refractivity contribution is 0.0773. The van der Waals surface area contributed by atoms with Crippen LogP contribution in [0.3, 0.4) is 0 Å². The van der Waals surface area contributed by atoms with E-state index in [4.69, 9.17) is 0 Å². The lowest BCUT2D eigenvalue weighted by atomic mass is 10.0. The Hall–Kier alpha value is -3.45. The van der Waals surface area contributed by atoms with Gasteiger partial charge < -0.3 is 14.9 Å². The average Bonchev–Trinajstić information content (AvgIpc) is 2.85. The van der Waals surface area contributed by atoms with Crippen LogP contribution in [0.1, 0.15) is 29.8 Å². The first kappa shape index (κ1) is 23.7. The highest BCUT2D eigenvalue weighted by Crippen LogP contribution is 2.26. The van der Waals surface area contributed by atoms with Crippen LogP contribution in [0.25, 0.3) is 11.1 Å². The lowest BCUT2D eigenvalue weighted by Gasteiger charge is -2.36. The summed E-state index contributed by atoms with van der Waals surface area (Å²) in [7, 11) is 0. The van der Waals surface area contributed by atoms with E-state index in [1.165, 1.54) is 12.3 Å². The molecule has 1 fully saturated rings. The van der Waals surface area contributed by atoms with Gasteiger partial charge in [-0.15, -0.1) is 0 Å². The molecule has 178 valence electrons. The van der Waals surface area contributed by atoms with Crippen LogP contribution in [0.2, 0.25) is 0 Å². The fourth-order valence-electron chi connectivity index (χ4n) is 4.40. The van der Waals surface area contributed by atoms with Crippen molar-refractivity contribution in [3.63, 3.8) is 0 Å². The Morgan fingerprint density at radius 2 is 1.71 bits per heavy atom. The first-order chi connectivity index (χ1) is 16.5. The number of pyridine rings is 1. The number of carbonyl (C=O) groups excluding carboxylic acids is 1. The van der Waals surface area contributed by atoms with Gasteiger partial charge in [0.2, 0.25) is 0 Å². The predicted octanol–water partition coefficient (Wildman–Crippen LogP) is 4.40. The molecule has 0 aliphatic carbocycles. The van der Waals surface area contributed by atoms with Gasteiger partial charge in [-0.1, -0.05) is 12.1 Å². The number of aromatic hydroxyl groups is 1. The molecular weight excluding hydrogens is 431 g/mol. The molecule has 0 spiro atoms. The van der Waals surface area contributed by atoms with Crippen molar-refractivity contribution in [3.8, 4) is 16.9 Å². The van der Waals surface area contributed by atoms with Crippen LogP contribution in [0.15, 0.2) is 60.9 Å². The Balaban J connectivity index is 1.33. The van der Waals surface area contributed by atoms with Gasteiger partial charge in [0.05, 0.1) is 6.20 Å². The van der Waals surface area contributed by atoms with Crippen LogP contribution in [0, 0.1) is 5.82 Å². The second-order valence-electron chi connectivity index (χ2n) is 8.53. The Bertz CT molecular complexity index is 1120. The number of hydrogen-bond acceptors (Lipinski definition) is 5. The van der Waals surface area contributed by atoms with Crippen LogP contribution >= 0.6 is 0 Å². The SMILES string of the molecule is CCN(CC)C(=O)c1ccc(N2CCN(Cc3ccc(-c4cncc(O)c4)c(F)c3)CC2)cc1. The Kier molecular flexibility index (Phi) is 7.43. The van der Waals surface area contributed by atoms with Gasteiger partial charge in [-0.25, -0.2) is 4.39 Å². The number of nitrogens with zero attached hydrogens (tertiary/aromatic N) is 4. The number of piperazine rings is 1. The van der Waals surface area contributed by atoms with Gasteiger partial charge in [-0.2, -0.15) is 0 Å². The Morgan fingerprint density at radius 3 is 2.32 bits per heavy atom. The number of aromatic nitrogens is 1. The minimum Gasteiger partial charge on any atom is -0.506 e. The van der Waals surface area contributed by atoms with Crippen molar-refractivity contribution < 1.29 is 14.3 Å². The molecule has 0 bridgehead atoms. The highest BCUT2D eigenvalue weighted by Gasteiger charge is 2.19. The van der Waals surface area contributed by atoms with Crippen LogP contribution < -0.4 is 4.90 Å². The van der Waals surface area contributed by atoms with Crippen LogP contribution in [0.4, 0.5) is 10.1 Å². The van der Waals surface area contributed by atoms with Gasteiger partial charge in [0.1, 0.15) is 11.6 Å². The zero-order valence-corrected chi connectivity index (χ0v) is 19.7. The third kappa shape index (κ3) is 5.37. The maximum atomic E-state index is 14.7. The second kappa shape index (κ2) is 10.7. The van der Waals surface area contributed by atoms with Crippen molar-refractivity contribution in [2.45, 2.75) is 20.4 Å². The van der Waals surface area contributed by atoms with E-state index in [1.54, 1.807) is 18.3 Å². The Morgan fingerprint density at radius 1 is 1.00 bits per heavy atom. The first-order valence-corrected chi connectivity index (χ1v) is 11.8. The molecule has 1 aliphatic heterocycles. The molecule has 6 nitrogen and oxygen atoms in total. The summed E-state index contributed by atoms with van der Waals surface area (Å²) in [5.41, 5.74) is 3.74. The molecule has 1 amide bonds. The number of benzene rings is 2. The number of hydrogen-bond donors (Lipinski definition) is 1. The van der Waals surface area contributed by atoms with Crippen LogP contribution in [-0.2, 0) is 6.54 Å². The fourth-order valence-corrected chi connectivity index (χ4v) is 4.40. The van der Waals surface area contributed by atoms with E-state index in [1.807, 2.05) is 49.1 Å². The molecule has 1 aliphatic rings. The van der Waals surface area contributed by atoms with Crippen molar-refractivity contribution in [2.24, 2.45) is 0 Å². The normalized spacial score (nSPS) is 14.3. The summed E-state index contributed by atoms with van der Waals surface area (Å²) in [6, 6.07) is 14.6. The Labute approximate surface area is 200 Å². The van der Waals surface area contributed by atoms with Crippen molar-refractivity contribution >= 4 is 11.6 Å². The number of halogens is 1. The summed E-state index contributed by atoms with van der Waals surface area (Å²) in [6.07, 6.45) is 2.87. The monoisotopic (exact) mass is 462 g/mol. The van der Waals surface area contributed by atoms with E-state index < -0.39 is 0 Å².